The Morgan fingerprint density at radius 3 is 2.44 bits per heavy atom. The van der Waals surface area contributed by atoms with E-state index in [0.29, 0.717) is 26.4 Å². The van der Waals surface area contributed by atoms with Crippen molar-refractivity contribution in [1.29, 1.82) is 0 Å². The lowest BCUT2D eigenvalue weighted by Crippen LogP contribution is -2.46. The Kier molecular flexibility index (Phi) is 5.64. The van der Waals surface area contributed by atoms with E-state index in [0.717, 1.165) is 12.1 Å². The number of hydrogen-bond acceptors (Lipinski definition) is 2. The summed E-state index contributed by atoms with van der Waals surface area (Å²) in [5, 5.41) is 9.42. The van der Waals surface area contributed by atoms with E-state index in [1.54, 1.807) is 25.1 Å². The van der Waals surface area contributed by atoms with E-state index in [-0.39, 0.29) is 11.3 Å². The molecule has 1 aliphatic heterocycles. The SMILES string of the molecule is CC1=C(C(=O)Nc2ccc(F)c(F)c2)C(c2c(Cl)cccc2Cl)NC(=S)N1. The summed E-state index contributed by atoms with van der Waals surface area (Å²) >= 11 is 17.8. The quantitative estimate of drug-likeness (QED) is 0.621. The van der Waals surface area contributed by atoms with Crippen molar-refractivity contribution in [1.82, 2.24) is 10.6 Å². The Balaban J connectivity index is 2.01. The minimum atomic E-state index is -1.06. The zero-order chi connectivity index (χ0) is 19.7. The van der Waals surface area contributed by atoms with Crippen LogP contribution in [0.2, 0.25) is 10.0 Å². The highest BCUT2D eigenvalue weighted by molar-refractivity contribution is 7.80. The molecular weight excluding hydrogens is 415 g/mol. The lowest BCUT2D eigenvalue weighted by Gasteiger charge is -2.31. The summed E-state index contributed by atoms with van der Waals surface area (Å²) in [4.78, 5) is 12.9. The highest BCUT2D eigenvalue weighted by Crippen LogP contribution is 2.36. The number of amides is 1. The first kappa shape index (κ1) is 19.5. The highest BCUT2D eigenvalue weighted by Gasteiger charge is 2.32. The van der Waals surface area contributed by atoms with Crippen LogP contribution in [0.3, 0.4) is 0 Å². The molecule has 0 aliphatic carbocycles. The molecule has 0 saturated heterocycles. The Morgan fingerprint density at radius 1 is 1.15 bits per heavy atom. The van der Waals surface area contributed by atoms with Gasteiger partial charge in [-0.3, -0.25) is 4.79 Å². The number of carbonyl (C=O) groups excluding carboxylic acids is 1. The smallest absolute Gasteiger partial charge is 0.255 e. The monoisotopic (exact) mass is 427 g/mol. The van der Waals surface area contributed by atoms with Crippen molar-refractivity contribution >= 4 is 52.1 Å². The van der Waals surface area contributed by atoms with Crippen LogP contribution in [0.4, 0.5) is 14.5 Å². The van der Waals surface area contributed by atoms with Crippen LogP contribution in [0.5, 0.6) is 0 Å². The van der Waals surface area contributed by atoms with Crippen molar-refractivity contribution in [2.45, 2.75) is 13.0 Å². The summed E-state index contributed by atoms with van der Waals surface area (Å²) in [6.45, 7) is 1.67. The number of thiocarbonyl (C=S) groups is 1. The van der Waals surface area contributed by atoms with Crippen molar-refractivity contribution in [3.63, 3.8) is 0 Å². The van der Waals surface area contributed by atoms with E-state index in [1.807, 2.05) is 0 Å². The van der Waals surface area contributed by atoms with Crippen LogP contribution in [0.25, 0.3) is 0 Å². The molecule has 0 bridgehead atoms. The van der Waals surface area contributed by atoms with Crippen molar-refractivity contribution in [2.24, 2.45) is 0 Å². The Bertz CT molecular complexity index is 961. The first-order valence-corrected chi connectivity index (χ1v) is 8.93. The largest absolute Gasteiger partial charge is 0.351 e. The van der Waals surface area contributed by atoms with E-state index in [2.05, 4.69) is 16.0 Å². The molecule has 140 valence electrons. The van der Waals surface area contributed by atoms with Crippen LogP contribution in [0, 0.1) is 11.6 Å². The molecule has 1 atom stereocenters. The average Bonchev–Trinajstić information content (AvgIpc) is 2.57. The maximum absolute atomic E-state index is 13.4. The minimum Gasteiger partial charge on any atom is -0.351 e. The van der Waals surface area contributed by atoms with Gasteiger partial charge in [0.15, 0.2) is 16.7 Å². The second-order valence-electron chi connectivity index (χ2n) is 5.79. The van der Waals surface area contributed by atoms with Crippen LogP contribution in [0.15, 0.2) is 47.7 Å². The van der Waals surface area contributed by atoms with Crippen LogP contribution < -0.4 is 16.0 Å². The van der Waals surface area contributed by atoms with Gasteiger partial charge in [0.05, 0.1) is 11.6 Å². The molecule has 0 fully saturated rings. The predicted molar refractivity (Wildman–Crippen MR) is 106 cm³/mol. The van der Waals surface area contributed by atoms with E-state index >= 15 is 0 Å². The Labute approximate surface area is 169 Å². The van der Waals surface area contributed by atoms with Crippen LogP contribution in [0.1, 0.15) is 18.5 Å². The van der Waals surface area contributed by atoms with Crippen molar-refractivity contribution in [3.8, 4) is 0 Å². The molecule has 1 aliphatic rings. The normalized spacial score (nSPS) is 16.6. The van der Waals surface area contributed by atoms with Gasteiger partial charge in [0.25, 0.3) is 5.91 Å². The lowest BCUT2D eigenvalue weighted by atomic mass is 9.94. The summed E-state index contributed by atoms with van der Waals surface area (Å²) in [5.41, 5.74) is 1.35. The Hall–Kier alpha value is -2.22. The first-order valence-electron chi connectivity index (χ1n) is 7.76. The maximum atomic E-state index is 13.4. The molecule has 0 spiro atoms. The predicted octanol–water partition coefficient (Wildman–Crippen LogP) is 4.70. The number of rotatable bonds is 3. The van der Waals surface area contributed by atoms with E-state index in [4.69, 9.17) is 35.4 Å². The summed E-state index contributed by atoms with van der Waals surface area (Å²) in [7, 11) is 0. The maximum Gasteiger partial charge on any atom is 0.255 e. The number of anilines is 1. The van der Waals surface area contributed by atoms with E-state index in [9.17, 15) is 13.6 Å². The number of carbonyl (C=O) groups is 1. The number of allylic oxidation sites excluding steroid dienone is 1. The van der Waals surface area contributed by atoms with Gasteiger partial charge in [-0.15, -0.1) is 0 Å². The van der Waals surface area contributed by atoms with Gasteiger partial charge < -0.3 is 16.0 Å². The summed E-state index contributed by atoms with van der Waals surface area (Å²) < 4.78 is 26.5. The molecule has 1 unspecified atom stereocenters. The fourth-order valence-electron chi connectivity index (χ4n) is 2.77. The van der Waals surface area contributed by atoms with E-state index in [1.165, 1.54) is 6.07 Å². The van der Waals surface area contributed by atoms with Gasteiger partial charge in [-0.1, -0.05) is 29.3 Å². The number of halogens is 4. The standard InChI is InChI=1S/C18H13Cl2F2N3OS/c1-8-14(17(26)24-9-5-6-12(21)13(22)7-9)16(25-18(27)23-8)15-10(19)3-2-4-11(15)20/h2-7,16H,1H3,(H,24,26)(H2,23,25,27). The lowest BCUT2D eigenvalue weighted by molar-refractivity contribution is -0.113. The van der Waals surface area contributed by atoms with Gasteiger partial charge in [0.1, 0.15) is 0 Å². The third-order valence-corrected chi connectivity index (χ3v) is 4.86. The molecule has 2 aromatic carbocycles. The molecule has 9 heteroatoms. The van der Waals surface area contributed by atoms with E-state index < -0.39 is 23.6 Å². The molecule has 3 N–H and O–H groups in total. The molecule has 0 aromatic heterocycles. The zero-order valence-electron chi connectivity index (χ0n) is 13.9. The molecule has 1 heterocycles. The third kappa shape index (κ3) is 4.05. The van der Waals surface area contributed by atoms with Crippen molar-refractivity contribution in [2.75, 3.05) is 5.32 Å². The highest BCUT2D eigenvalue weighted by atomic mass is 35.5. The molecule has 1 amide bonds. The average molecular weight is 428 g/mol. The van der Waals surface area contributed by atoms with Crippen molar-refractivity contribution < 1.29 is 13.6 Å². The fourth-order valence-corrected chi connectivity index (χ4v) is 3.66. The van der Waals surface area contributed by atoms with Crippen LogP contribution in [-0.4, -0.2) is 11.0 Å². The number of benzene rings is 2. The number of hydrogen-bond donors (Lipinski definition) is 3. The topological polar surface area (TPSA) is 53.2 Å². The Morgan fingerprint density at radius 2 is 1.81 bits per heavy atom. The number of nitrogens with one attached hydrogen (secondary N) is 3. The molecule has 3 rings (SSSR count). The van der Waals surface area contributed by atoms with Gasteiger partial charge >= 0.3 is 0 Å². The minimum absolute atomic E-state index is 0.108. The fraction of sp³-hybridized carbons (Fsp3) is 0.111. The third-order valence-electron chi connectivity index (χ3n) is 3.98. The van der Waals surface area contributed by atoms with Gasteiger partial charge in [0.2, 0.25) is 0 Å². The molecule has 27 heavy (non-hydrogen) atoms. The van der Waals surface area contributed by atoms with Gasteiger partial charge in [-0.25, -0.2) is 8.78 Å². The molecule has 0 radical (unpaired) electrons. The molecule has 0 saturated carbocycles. The van der Waals surface area contributed by atoms with Gasteiger partial charge in [0, 0.05) is 33.1 Å². The van der Waals surface area contributed by atoms with Crippen molar-refractivity contribution in [3.05, 3.63) is 74.9 Å². The van der Waals surface area contributed by atoms with Gasteiger partial charge in [-0.05, 0) is 43.4 Å². The van der Waals surface area contributed by atoms with Crippen LogP contribution in [-0.2, 0) is 4.79 Å². The van der Waals surface area contributed by atoms with Crippen LogP contribution >= 0.6 is 35.4 Å². The zero-order valence-corrected chi connectivity index (χ0v) is 16.2. The second kappa shape index (κ2) is 7.80. The first-order chi connectivity index (χ1) is 12.8. The second-order valence-corrected chi connectivity index (χ2v) is 7.01. The summed E-state index contributed by atoms with van der Waals surface area (Å²) in [5.74, 6) is -2.61. The molecular formula is C18H13Cl2F2N3OS. The molecule has 2 aromatic rings. The summed E-state index contributed by atoms with van der Waals surface area (Å²) in [6, 6.07) is 7.36. The van der Waals surface area contributed by atoms with Gasteiger partial charge in [-0.2, -0.15) is 0 Å². The summed E-state index contributed by atoms with van der Waals surface area (Å²) in [6.07, 6.45) is 0. The molecule has 4 nitrogen and oxygen atoms in total.